The predicted octanol–water partition coefficient (Wildman–Crippen LogP) is 2.08. The van der Waals surface area contributed by atoms with E-state index in [1.807, 2.05) is 0 Å². The maximum absolute atomic E-state index is 12.1. The summed E-state index contributed by atoms with van der Waals surface area (Å²) in [6, 6.07) is 7.43. The van der Waals surface area contributed by atoms with Gasteiger partial charge in [-0.25, -0.2) is 13.4 Å². The molecule has 0 radical (unpaired) electrons. The molecule has 0 spiro atoms. The van der Waals surface area contributed by atoms with Gasteiger partial charge in [0.1, 0.15) is 5.82 Å². The van der Waals surface area contributed by atoms with Gasteiger partial charge in [-0.1, -0.05) is 0 Å². The Kier molecular flexibility index (Phi) is 4.29. The van der Waals surface area contributed by atoms with Crippen molar-refractivity contribution >= 4 is 43.2 Å². The number of nitrogens with two attached hydrogens (primary N) is 1. The highest BCUT2D eigenvalue weighted by atomic mass is 79.9. The summed E-state index contributed by atoms with van der Waals surface area (Å²) in [4.78, 5) is 16.2. The smallest absolute Gasteiger partial charge is 0.259 e. The first-order valence-corrected chi connectivity index (χ1v) is 8.48. The van der Waals surface area contributed by atoms with Crippen molar-refractivity contribution in [2.75, 3.05) is 17.3 Å². The van der Waals surface area contributed by atoms with Crippen LogP contribution in [0.3, 0.4) is 0 Å². The van der Waals surface area contributed by atoms with E-state index in [4.69, 9.17) is 5.73 Å². The molecule has 0 aliphatic heterocycles. The largest absolute Gasteiger partial charge is 0.383 e. The lowest BCUT2D eigenvalue weighted by Gasteiger charge is -2.08. The molecule has 6 nitrogen and oxygen atoms in total. The third-order valence-electron chi connectivity index (χ3n) is 2.67. The molecule has 1 amide bonds. The van der Waals surface area contributed by atoms with Crippen LogP contribution < -0.4 is 11.1 Å². The molecule has 0 bridgehead atoms. The molecule has 1 aromatic heterocycles. The van der Waals surface area contributed by atoms with Gasteiger partial charge < -0.3 is 11.1 Å². The van der Waals surface area contributed by atoms with Gasteiger partial charge in [0.2, 0.25) is 0 Å². The zero-order chi connectivity index (χ0) is 15.6. The van der Waals surface area contributed by atoms with E-state index in [0.29, 0.717) is 10.2 Å². The van der Waals surface area contributed by atoms with Crippen LogP contribution in [-0.2, 0) is 9.84 Å². The van der Waals surface area contributed by atoms with E-state index in [0.717, 1.165) is 6.26 Å². The molecule has 8 heteroatoms. The van der Waals surface area contributed by atoms with E-state index in [1.165, 1.54) is 30.5 Å². The number of hydrogen-bond acceptors (Lipinski definition) is 5. The van der Waals surface area contributed by atoms with E-state index in [-0.39, 0.29) is 16.3 Å². The summed E-state index contributed by atoms with van der Waals surface area (Å²) in [5.41, 5.74) is 6.35. The second-order valence-corrected chi connectivity index (χ2v) is 7.27. The van der Waals surface area contributed by atoms with Gasteiger partial charge in [0, 0.05) is 22.6 Å². The van der Waals surface area contributed by atoms with Crippen LogP contribution in [0.4, 0.5) is 11.5 Å². The lowest BCUT2D eigenvalue weighted by molar-refractivity contribution is 0.102. The van der Waals surface area contributed by atoms with Crippen molar-refractivity contribution in [2.45, 2.75) is 4.90 Å². The maximum Gasteiger partial charge on any atom is 0.259 e. The van der Waals surface area contributed by atoms with Crippen LogP contribution >= 0.6 is 15.9 Å². The molecule has 0 aliphatic carbocycles. The molecule has 0 saturated carbocycles. The Morgan fingerprint density at radius 1 is 1.29 bits per heavy atom. The zero-order valence-electron chi connectivity index (χ0n) is 11.0. The monoisotopic (exact) mass is 369 g/mol. The predicted molar refractivity (Wildman–Crippen MR) is 83.9 cm³/mol. The number of halogens is 1. The summed E-state index contributed by atoms with van der Waals surface area (Å²) in [5, 5.41) is 2.63. The fraction of sp³-hybridized carbons (Fsp3) is 0.0769. The summed E-state index contributed by atoms with van der Waals surface area (Å²) in [6.45, 7) is 0. The van der Waals surface area contributed by atoms with E-state index in [1.54, 1.807) is 6.07 Å². The number of carbonyl (C=O) groups is 1. The molecule has 0 aliphatic rings. The van der Waals surface area contributed by atoms with Crippen molar-refractivity contribution in [2.24, 2.45) is 0 Å². The summed E-state index contributed by atoms with van der Waals surface area (Å²) < 4.78 is 23.3. The van der Waals surface area contributed by atoms with Crippen molar-refractivity contribution in [3.05, 3.63) is 46.6 Å². The Labute approximate surface area is 130 Å². The van der Waals surface area contributed by atoms with Crippen LogP contribution in [0, 0.1) is 0 Å². The number of carbonyl (C=O) groups excluding carboxylic acids is 1. The van der Waals surface area contributed by atoms with Crippen molar-refractivity contribution in [1.82, 2.24) is 4.98 Å². The number of nitrogens with zero attached hydrogens (tertiary/aromatic N) is 1. The van der Waals surface area contributed by atoms with Crippen molar-refractivity contribution in [1.29, 1.82) is 0 Å². The van der Waals surface area contributed by atoms with Crippen LogP contribution in [0.5, 0.6) is 0 Å². The minimum absolute atomic E-state index is 0.114. The van der Waals surface area contributed by atoms with Crippen LogP contribution in [0.2, 0.25) is 0 Å². The Morgan fingerprint density at radius 2 is 1.90 bits per heavy atom. The van der Waals surface area contributed by atoms with E-state index < -0.39 is 15.7 Å². The summed E-state index contributed by atoms with van der Waals surface area (Å²) in [7, 11) is -3.26. The number of hydrogen-bond donors (Lipinski definition) is 2. The van der Waals surface area contributed by atoms with Crippen LogP contribution in [0.1, 0.15) is 10.4 Å². The average molecular weight is 370 g/mol. The second-order valence-electron chi connectivity index (χ2n) is 4.34. The first-order chi connectivity index (χ1) is 9.77. The van der Waals surface area contributed by atoms with Gasteiger partial charge in [-0.15, -0.1) is 0 Å². The Bertz CT molecular complexity index is 789. The number of benzene rings is 1. The van der Waals surface area contributed by atoms with Gasteiger partial charge in [0.15, 0.2) is 9.84 Å². The van der Waals surface area contributed by atoms with Crippen LogP contribution in [0.25, 0.3) is 0 Å². The maximum atomic E-state index is 12.1. The fourth-order valence-electron chi connectivity index (χ4n) is 1.62. The van der Waals surface area contributed by atoms with Gasteiger partial charge in [0.25, 0.3) is 5.91 Å². The van der Waals surface area contributed by atoms with Gasteiger partial charge in [-0.2, -0.15) is 0 Å². The molecule has 0 saturated heterocycles. The number of nitrogen functional groups attached to an aromatic ring is 1. The molecule has 0 unspecified atom stereocenters. The Hall–Kier alpha value is -1.93. The Balaban J connectivity index is 2.22. The molecule has 2 aromatic rings. The summed E-state index contributed by atoms with van der Waals surface area (Å²) >= 11 is 3.22. The quantitative estimate of drug-likeness (QED) is 0.861. The highest BCUT2D eigenvalue weighted by molar-refractivity contribution is 9.10. The molecule has 110 valence electrons. The Morgan fingerprint density at radius 3 is 2.48 bits per heavy atom. The van der Waals surface area contributed by atoms with Crippen LogP contribution in [-0.4, -0.2) is 25.6 Å². The summed E-state index contributed by atoms with van der Waals surface area (Å²) in [5.74, 6) is -0.308. The highest BCUT2D eigenvalue weighted by Crippen LogP contribution is 2.18. The number of amides is 1. The molecule has 3 N–H and O–H groups in total. The number of anilines is 2. The summed E-state index contributed by atoms with van der Waals surface area (Å²) in [6.07, 6.45) is 2.61. The van der Waals surface area contributed by atoms with Gasteiger partial charge >= 0.3 is 0 Å². The highest BCUT2D eigenvalue weighted by Gasteiger charge is 2.12. The molecule has 1 aromatic carbocycles. The number of nitrogens with one attached hydrogen (secondary N) is 1. The molecule has 0 atom stereocenters. The number of rotatable bonds is 3. The fourth-order valence-corrected chi connectivity index (χ4v) is 2.58. The number of sulfone groups is 1. The SMILES string of the molecule is CS(=O)(=O)c1ccc(NC(=O)c2cc(Br)cnc2N)cc1. The minimum Gasteiger partial charge on any atom is -0.383 e. The van der Waals surface area contributed by atoms with Crippen molar-refractivity contribution < 1.29 is 13.2 Å². The topological polar surface area (TPSA) is 102 Å². The van der Waals surface area contributed by atoms with Crippen molar-refractivity contribution in [3.8, 4) is 0 Å². The normalized spacial score (nSPS) is 11.1. The second kappa shape index (κ2) is 5.82. The molecular formula is C13H12BrN3O3S. The lowest BCUT2D eigenvalue weighted by Crippen LogP contribution is -2.15. The van der Waals surface area contributed by atoms with Gasteiger partial charge in [-0.3, -0.25) is 4.79 Å². The molecule has 2 rings (SSSR count). The van der Waals surface area contributed by atoms with E-state index >= 15 is 0 Å². The molecular weight excluding hydrogens is 358 g/mol. The minimum atomic E-state index is -3.26. The number of pyridine rings is 1. The zero-order valence-corrected chi connectivity index (χ0v) is 13.4. The molecule has 0 fully saturated rings. The first kappa shape index (κ1) is 15.5. The number of aromatic nitrogens is 1. The molecule has 1 heterocycles. The third kappa shape index (κ3) is 3.79. The van der Waals surface area contributed by atoms with Gasteiger partial charge in [-0.05, 0) is 46.3 Å². The third-order valence-corrected chi connectivity index (χ3v) is 4.23. The standard InChI is InChI=1S/C13H12BrN3O3S/c1-21(19,20)10-4-2-9(3-5-10)17-13(18)11-6-8(14)7-16-12(11)15/h2-7H,1H3,(H2,15,16)(H,17,18). The van der Waals surface area contributed by atoms with E-state index in [9.17, 15) is 13.2 Å². The average Bonchev–Trinajstić information content (AvgIpc) is 2.41. The lowest BCUT2D eigenvalue weighted by atomic mass is 10.2. The first-order valence-electron chi connectivity index (χ1n) is 5.80. The van der Waals surface area contributed by atoms with Crippen LogP contribution in [0.15, 0.2) is 45.9 Å². The van der Waals surface area contributed by atoms with Gasteiger partial charge in [0.05, 0.1) is 10.5 Å². The van der Waals surface area contributed by atoms with E-state index in [2.05, 4.69) is 26.2 Å². The van der Waals surface area contributed by atoms with Crippen molar-refractivity contribution in [3.63, 3.8) is 0 Å². The molecule has 21 heavy (non-hydrogen) atoms.